The Balaban J connectivity index is 2.09. The number of hydrogen-bond acceptors (Lipinski definition) is 2. The first-order valence-electron chi connectivity index (χ1n) is 4.91. The Hall–Kier alpha value is -0.540. The number of hydrogen-bond donors (Lipinski definition) is 1. The molecule has 2 nitrogen and oxygen atoms in total. The van der Waals surface area contributed by atoms with E-state index in [2.05, 4.69) is 34.2 Å². The van der Waals surface area contributed by atoms with Crippen molar-refractivity contribution >= 4 is 22.0 Å². The van der Waals surface area contributed by atoms with Gasteiger partial charge in [-0.15, -0.1) is 0 Å². The number of rotatable bonds is 2. The maximum absolute atomic E-state index is 5.18. The fourth-order valence-electron chi connectivity index (χ4n) is 1.84. The molecule has 1 N–H and O–H groups in total. The maximum atomic E-state index is 5.18. The molecule has 1 unspecified atom stereocenters. The zero-order valence-electron chi connectivity index (χ0n) is 8.22. The van der Waals surface area contributed by atoms with Gasteiger partial charge >= 0.3 is 0 Å². The number of furan rings is 1. The smallest absolute Gasteiger partial charge is 0.169 e. The summed E-state index contributed by atoms with van der Waals surface area (Å²) in [4.78, 5) is 0. The van der Waals surface area contributed by atoms with Crippen molar-refractivity contribution in [1.29, 1.82) is 0 Å². The summed E-state index contributed by atoms with van der Waals surface area (Å²) in [6.07, 6.45) is 6.48. The molecule has 1 aromatic rings. The van der Waals surface area contributed by atoms with Crippen LogP contribution in [-0.4, -0.2) is 12.6 Å². The third-order valence-electron chi connectivity index (χ3n) is 2.59. The molecule has 2 rings (SSSR count). The van der Waals surface area contributed by atoms with Crippen LogP contribution in [0.4, 0.5) is 0 Å². The van der Waals surface area contributed by atoms with Gasteiger partial charge in [0.25, 0.3) is 0 Å². The van der Waals surface area contributed by atoms with Gasteiger partial charge in [0.15, 0.2) is 4.67 Å². The zero-order chi connectivity index (χ0) is 9.97. The number of nitrogens with one attached hydrogen (secondary N) is 1. The highest BCUT2D eigenvalue weighted by Crippen LogP contribution is 2.20. The van der Waals surface area contributed by atoms with Crippen LogP contribution in [0.3, 0.4) is 0 Å². The van der Waals surface area contributed by atoms with Gasteiger partial charge in [-0.3, -0.25) is 0 Å². The fourth-order valence-corrected chi connectivity index (χ4v) is 2.19. The molecule has 0 amide bonds. The Kier molecular flexibility index (Phi) is 3.08. The molecule has 0 aliphatic carbocycles. The van der Waals surface area contributed by atoms with Crippen LogP contribution in [0.15, 0.2) is 27.0 Å². The monoisotopic (exact) mass is 255 g/mol. The minimum atomic E-state index is 0.559. The molecule has 0 spiro atoms. The van der Waals surface area contributed by atoms with E-state index in [9.17, 15) is 0 Å². The lowest BCUT2D eigenvalue weighted by Gasteiger charge is -2.09. The standard InChI is InChI=1S/C11H14BrNO/c1-8(10-3-2-4-13-10)5-9-6-11(12)14-7-9/h5-7,10,13H,2-4H2,1H3/b8-5+. The molecule has 0 radical (unpaired) electrons. The second kappa shape index (κ2) is 4.32. The molecule has 14 heavy (non-hydrogen) atoms. The van der Waals surface area contributed by atoms with Crippen molar-refractivity contribution in [3.8, 4) is 0 Å². The Morgan fingerprint density at radius 1 is 1.71 bits per heavy atom. The van der Waals surface area contributed by atoms with Crippen LogP contribution in [-0.2, 0) is 0 Å². The van der Waals surface area contributed by atoms with Gasteiger partial charge < -0.3 is 9.73 Å². The molecule has 1 atom stereocenters. The lowest BCUT2D eigenvalue weighted by molar-refractivity contribution is 0.540. The SMILES string of the molecule is C/C(=C\c1coc(Br)c1)C1CCCN1. The summed E-state index contributed by atoms with van der Waals surface area (Å²) in [5, 5.41) is 3.47. The summed E-state index contributed by atoms with van der Waals surface area (Å²) in [7, 11) is 0. The molecule has 1 aromatic heterocycles. The Morgan fingerprint density at radius 3 is 3.14 bits per heavy atom. The molecule has 1 saturated heterocycles. The zero-order valence-corrected chi connectivity index (χ0v) is 9.80. The highest BCUT2D eigenvalue weighted by molar-refractivity contribution is 9.10. The number of halogens is 1. The first-order chi connectivity index (χ1) is 6.75. The lowest BCUT2D eigenvalue weighted by atomic mass is 10.1. The predicted octanol–water partition coefficient (Wildman–Crippen LogP) is 3.20. The molecule has 0 saturated carbocycles. The van der Waals surface area contributed by atoms with E-state index in [-0.39, 0.29) is 0 Å². The van der Waals surface area contributed by atoms with Gasteiger partial charge in [0.1, 0.15) is 0 Å². The van der Waals surface area contributed by atoms with Crippen molar-refractivity contribution in [2.75, 3.05) is 6.54 Å². The average molecular weight is 256 g/mol. The van der Waals surface area contributed by atoms with E-state index in [0.29, 0.717) is 6.04 Å². The van der Waals surface area contributed by atoms with Gasteiger partial charge in [-0.25, -0.2) is 0 Å². The first kappa shape index (κ1) is 9.99. The maximum Gasteiger partial charge on any atom is 0.169 e. The highest BCUT2D eigenvalue weighted by Gasteiger charge is 2.15. The van der Waals surface area contributed by atoms with Crippen LogP contribution < -0.4 is 5.32 Å². The first-order valence-corrected chi connectivity index (χ1v) is 5.70. The summed E-state index contributed by atoms with van der Waals surface area (Å²) in [5.41, 5.74) is 2.51. The molecule has 2 heterocycles. The quantitative estimate of drug-likeness (QED) is 0.879. The van der Waals surface area contributed by atoms with E-state index >= 15 is 0 Å². The van der Waals surface area contributed by atoms with Gasteiger partial charge in [-0.1, -0.05) is 11.6 Å². The fraction of sp³-hybridized carbons (Fsp3) is 0.455. The summed E-state index contributed by atoms with van der Waals surface area (Å²) in [6.45, 7) is 3.31. The topological polar surface area (TPSA) is 25.2 Å². The second-order valence-electron chi connectivity index (χ2n) is 3.72. The molecular weight excluding hydrogens is 242 g/mol. The van der Waals surface area contributed by atoms with Gasteiger partial charge in [-0.2, -0.15) is 0 Å². The molecule has 1 aliphatic rings. The molecular formula is C11H14BrNO. The normalized spacial score (nSPS) is 23.0. The average Bonchev–Trinajstić information content (AvgIpc) is 2.75. The van der Waals surface area contributed by atoms with E-state index in [1.807, 2.05) is 6.07 Å². The minimum absolute atomic E-state index is 0.559. The summed E-state index contributed by atoms with van der Waals surface area (Å²) >= 11 is 3.29. The van der Waals surface area contributed by atoms with Gasteiger partial charge in [0.2, 0.25) is 0 Å². The van der Waals surface area contributed by atoms with Crippen LogP contribution in [0.1, 0.15) is 25.3 Å². The summed E-state index contributed by atoms with van der Waals surface area (Å²) in [6, 6.07) is 2.54. The van der Waals surface area contributed by atoms with Gasteiger partial charge in [-0.05, 0) is 48.3 Å². The lowest BCUT2D eigenvalue weighted by Crippen LogP contribution is -2.22. The molecule has 0 bridgehead atoms. The van der Waals surface area contributed by atoms with Crippen molar-refractivity contribution < 1.29 is 4.42 Å². The van der Waals surface area contributed by atoms with Crippen LogP contribution in [0.2, 0.25) is 0 Å². The largest absolute Gasteiger partial charge is 0.457 e. The molecule has 3 heteroatoms. The van der Waals surface area contributed by atoms with E-state index in [1.54, 1.807) is 6.26 Å². The van der Waals surface area contributed by atoms with E-state index in [1.165, 1.54) is 18.4 Å². The van der Waals surface area contributed by atoms with E-state index < -0.39 is 0 Å². The van der Waals surface area contributed by atoms with E-state index in [0.717, 1.165) is 16.8 Å². The highest BCUT2D eigenvalue weighted by atomic mass is 79.9. The van der Waals surface area contributed by atoms with Crippen molar-refractivity contribution in [2.45, 2.75) is 25.8 Å². The van der Waals surface area contributed by atoms with Crippen molar-refractivity contribution in [3.63, 3.8) is 0 Å². The second-order valence-corrected chi connectivity index (χ2v) is 4.50. The Bertz CT molecular complexity index is 337. The van der Waals surface area contributed by atoms with Crippen LogP contribution in [0.25, 0.3) is 6.08 Å². The van der Waals surface area contributed by atoms with Crippen LogP contribution in [0.5, 0.6) is 0 Å². The molecule has 76 valence electrons. The summed E-state index contributed by atoms with van der Waals surface area (Å²) < 4.78 is 5.97. The molecule has 0 aromatic carbocycles. The molecule has 1 aliphatic heterocycles. The van der Waals surface area contributed by atoms with Crippen molar-refractivity contribution in [1.82, 2.24) is 5.32 Å². The Morgan fingerprint density at radius 2 is 2.57 bits per heavy atom. The van der Waals surface area contributed by atoms with Crippen LogP contribution >= 0.6 is 15.9 Å². The van der Waals surface area contributed by atoms with E-state index in [4.69, 9.17) is 4.42 Å². The summed E-state index contributed by atoms with van der Waals surface area (Å²) in [5.74, 6) is 0. The third kappa shape index (κ3) is 2.28. The van der Waals surface area contributed by atoms with Crippen LogP contribution in [0, 0.1) is 0 Å². The van der Waals surface area contributed by atoms with Crippen molar-refractivity contribution in [2.24, 2.45) is 0 Å². The molecule has 1 fully saturated rings. The van der Waals surface area contributed by atoms with Gasteiger partial charge in [0, 0.05) is 11.6 Å². The van der Waals surface area contributed by atoms with Crippen molar-refractivity contribution in [3.05, 3.63) is 28.1 Å². The Labute approximate surface area is 92.5 Å². The van der Waals surface area contributed by atoms with Gasteiger partial charge in [0.05, 0.1) is 6.26 Å². The third-order valence-corrected chi connectivity index (χ3v) is 3.01. The predicted molar refractivity (Wildman–Crippen MR) is 61.1 cm³/mol. The minimum Gasteiger partial charge on any atom is -0.457 e.